The van der Waals surface area contributed by atoms with Crippen LogP contribution in [0.1, 0.15) is 0 Å². The van der Waals surface area contributed by atoms with Gasteiger partial charge in [-0.1, -0.05) is 194 Å². The molecule has 0 unspecified atom stereocenters. The van der Waals surface area contributed by atoms with Gasteiger partial charge in [-0.15, -0.1) is 0 Å². The Kier molecular flexibility index (Phi) is 8.45. The molecule has 11 rings (SSSR count). The Hall–Kier alpha value is -7.95. The summed E-state index contributed by atoms with van der Waals surface area (Å²) in [4.78, 5) is 15.4. The molecule has 4 nitrogen and oxygen atoms in total. The van der Waals surface area contributed by atoms with Gasteiger partial charge in [-0.25, -0.2) is 15.0 Å². The largest absolute Gasteiger partial charge is 0.456 e. The van der Waals surface area contributed by atoms with Crippen LogP contribution in [0.2, 0.25) is 0 Å². The number of fused-ring (bicyclic) bond motifs is 5. The van der Waals surface area contributed by atoms with Crippen LogP contribution in [0, 0.1) is 0 Å². The first-order valence-electron chi connectivity index (χ1n) is 19.8. The van der Waals surface area contributed by atoms with Gasteiger partial charge in [0, 0.05) is 27.5 Å². The highest BCUT2D eigenvalue weighted by atomic mass is 16.3. The summed E-state index contributed by atoms with van der Waals surface area (Å²) in [5.74, 6) is 1.81. The van der Waals surface area contributed by atoms with Crippen LogP contribution in [0.15, 0.2) is 217 Å². The second-order valence-electron chi connectivity index (χ2n) is 14.8. The van der Waals surface area contributed by atoms with Crippen molar-refractivity contribution in [1.82, 2.24) is 15.0 Å². The molecule has 11 aromatic rings. The highest BCUT2D eigenvalue weighted by Gasteiger charge is 2.21. The van der Waals surface area contributed by atoms with Crippen molar-refractivity contribution >= 4 is 32.7 Å². The highest BCUT2D eigenvalue weighted by Crippen LogP contribution is 2.43. The summed E-state index contributed by atoms with van der Waals surface area (Å²) >= 11 is 0. The van der Waals surface area contributed by atoms with E-state index in [0.717, 1.165) is 71.7 Å². The Bertz CT molecular complexity index is 3280. The first kappa shape index (κ1) is 34.3. The van der Waals surface area contributed by atoms with E-state index in [9.17, 15) is 0 Å². The number of hydrogen-bond acceptors (Lipinski definition) is 4. The van der Waals surface area contributed by atoms with E-state index in [4.69, 9.17) is 19.4 Å². The smallest absolute Gasteiger partial charge is 0.164 e. The van der Waals surface area contributed by atoms with E-state index in [1.807, 2.05) is 42.5 Å². The van der Waals surface area contributed by atoms with E-state index < -0.39 is 0 Å². The second kappa shape index (κ2) is 14.5. The third-order valence-corrected chi connectivity index (χ3v) is 11.2. The summed E-state index contributed by atoms with van der Waals surface area (Å²) < 4.78 is 6.75. The van der Waals surface area contributed by atoms with Crippen molar-refractivity contribution in [2.75, 3.05) is 0 Å². The lowest BCUT2D eigenvalue weighted by Crippen LogP contribution is -2.00. The molecule has 0 atom stereocenters. The van der Waals surface area contributed by atoms with Crippen molar-refractivity contribution in [3.8, 4) is 78.7 Å². The summed E-state index contributed by atoms with van der Waals surface area (Å²) in [5, 5.41) is 4.28. The second-order valence-corrected chi connectivity index (χ2v) is 14.8. The maximum absolute atomic E-state index is 6.75. The normalized spacial score (nSPS) is 11.4. The number of hydrogen-bond donors (Lipinski definition) is 0. The Balaban J connectivity index is 1.04. The molecule has 59 heavy (non-hydrogen) atoms. The van der Waals surface area contributed by atoms with E-state index in [1.54, 1.807) is 0 Å². The fourth-order valence-electron chi connectivity index (χ4n) is 8.24. The van der Waals surface area contributed by atoms with Crippen LogP contribution in [0.4, 0.5) is 0 Å². The van der Waals surface area contributed by atoms with Gasteiger partial charge in [-0.2, -0.15) is 0 Å². The average Bonchev–Trinajstić information content (AvgIpc) is 3.71. The molecule has 0 saturated carbocycles. The minimum absolute atomic E-state index is 0.588. The molecule has 0 radical (unpaired) electrons. The van der Waals surface area contributed by atoms with E-state index >= 15 is 0 Å². The molecule has 9 aromatic carbocycles. The van der Waals surface area contributed by atoms with Gasteiger partial charge in [-0.3, -0.25) is 0 Å². The quantitative estimate of drug-likeness (QED) is 0.163. The predicted octanol–water partition coefficient (Wildman–Crippen LogP) is 14.6. The van der Waals surface area contributed by atoms with Gasteiger partial charge in [-0.05, 0) is 73.5 Å². The Morgan fingerprint density at radius 3 is 1.36 bits per heavy atom. The molecule has 276 valence electrons. The number of furan rings is 1. The molecule has 4 heteroatoms. The van der Waals surface area contributed by atoms with Crippen LogP contribution in [-0.4, -0.2) is 15.0 Å². The van der Waals surface area contributed by atoms with E-state index in [1.165, 1.54) is 22.3 Å². The number of rotatable bonds is 7. The zero-order valence-electron chi connectivity index (χ0n) is 32.0. The number of nitrogens with zero attached hydrogens (tertiary/aromatic N) is 3. The molecular weight excluding hydrogens is 719 g/mol. The minimum atomic E-state index is 0.588. The molecule has 0 aliphatic heterocycles. The lowest BCUT2D eigenvalue weighted by molar-refractivity contribution is 0.669. The number of aromatic nitrogens is 3. The Morgan fingerprint density at radius 2 is 0.712 bits per heavy atom. The summed E-state index contributed by atoms with van der Waals surface area (Å²) in [6.07, 6.45) is 0. The molecule has 0 amide bonds. The topological polar surface area (TPSA) is 51.8 Å². The molecule has 2 heterocycles. The monoisotopic (exact) mass is 753 g/mol. The molecule has 2 aromatic heterocycles. The van der Waals surface area contributed by atoms with Gasteiger partial charge >= 0.3 is 0 Å². The van der Waals surface area contributed by atoms with Gasteiger partial charge < -0.3 is 4.42 Å². The first-order valence-corrected chi connectivity index (χ1v) is 19.8. The van der Waals surface area contributed by atoms with Gasteiger partial charge in [0.1, 0.15) is 11.2 Å². The predicted molar refractivity (Wildman–Crippen MR) is 243 cm³/mol. The lowest BCUT2D eigenvalue weighted by Gasteiger charge is -2.12. The molecule has 0 aliphatic carbocycles. The van der Waals surface area contributed by atoms with Crippen molar-refractivity contribution in [2.45, 2.75) is 0 Å². The summed E-state index contributed by atoms with van der Waals surface area (Å²) in [6.45, 7) is 0. The van der Waals surface area contributed by atoms with Crippen molar-refractivity contribution in [1.29, 1.82) is 0 Å². The lowest BCUT2D eigenvalue weighted by atomic mass is 9.93. The molecule has 0 bridgehead atoms. The maximum Gasteiger partial charge on any atom is 0.164 e. The van der Waals surface area contributed by atoms with Crippen LogP contribution in [-0.2, 0) is 0 Å². The minimum Gasteiger partial charge on any atom is -0.456 e. The number of benzene rings is 9. The summed E-state index contributed by atoms with van der Waals surface area (Å²) in [5.41, 5.74) is 13.6. The third kappa shape index (κ3) is 6.34. The average molecular weight is 754 g/mol. The zero-order valence-corrected chi connectivity index (χ0v) is 32.0. The fraction of sp³-hybridized carbons (Fsp3) is 0. The zero-order chi connectivity index (χ0) is 39.1. The summed E-state index contributed by atoms with van der Waals surface area (Å²) in [7, 11) is 0. The van der Waals surface area contributed by atoms with Crippen molar-refractivity contribution in [3.05, 3.63) is 212 Å². The van der Waals surface area contributed by atoms with E-state index in [0.29, 0.717) is 17.5 Å². The van der Waals surface area contributed by atoms with Gasteiger partial charge in [0.15, 0.2) is 17.5 Å². The van der Waals surface area contributed by atoms with Crippen LogP contribution >= 0.6 is 0 Å². The van der Waals surface area contributed by atoms with Crippen LogP contribution < -0.4 is 0 Å². The highest BCUT2D eigenvalue weighted by molar-refractivity contribution is 6.25. The van der Waals surface area contributed by atoms with Gasteiger partial charge in [0.2, 0.25) is 0 Å². The van der Waals surface area contributed by atoms with Crippen LogP contribution in [0.25, 0.3) is 111 Å². The van der Waals surface area contributed by atoms with Crippen LogP contribution in [0.3, 0.4) is 0 Å². The molecule has 0 aliphatic rings. The summed E-state index contributed by atoms with van der Waals surface area (Å²) in [6, 6.07) is 74.0. The molecule has 0 N–H and O–H groups in total. The standard InChI is InChI=1S/C55H35N3O/c1-4-14-36(15-5-1)38-26-28-39(29-27-38)40-30-32-41(33-31-40)45-24-13-25-49-51(45)52-47-23-11-10-22-46(47)48(35-50(52)59-49)55-57-53(42-18-8-3-9-19-42)56-54(58-55)44-21-12-20-43(34-44)37-16-6-2-7-17-37/h1-35H. The van der Waals surface area contributed by atoms with Gasteiger partial charge in [0.05, 0.1) is 0 Å². The molecule has 0 fully saturated rings. The van der Waals surface area contributed by atoms with Gasteiger partial charge in [0.25, 0.3) is 0 Å². The molecule has 0 saturated heterocycles. The molecular formula is C55H35N3O. The van der Waals surface area contributed by atoms with Crippen molar-refractivity contribution < 1.29 is 4.42 Å². The maximum atomic E-state index is 6.75. The third-order valence-electron chi connectivity index (χ3n) is 11.2. The first-order chi connectivity index (χ1) is 29.2. The van der Waals surface area contributed by atoms with E-state index in [-0.39, 0.29) is 0 Å². The fourth-order valence-corrected chi connectivity index (χ4v) is 8.24. The van der Waals surface area contributed by atoms with Crippen molar-refractivity contribution in [2.24, 2.45) is 0 Å². The molecule has 0 spiro atoms. The van der Waals surface area contributed by atoms with E-state index in [2.05, 4.69) is 170 Å². The SMILES string of the molecule is c1ccc(-c2ccc(-c3ccc(-c4cccc5oc6cc(-c7nc(-c8ccccc8)nc(-c8cccc(-c9ccccc9)c8)n7)c7ccccc7c6c45)cc3)cc2)cc1. The Morgan fingerprint density at radius 1 is 0.254 bits per heavy atom. The van der Waals surface area contributed by atoms with Crippen LogP contribution in [0.5, 0.6) is 0 Å². The Labute approximate surface area is 341 Å². The van der Waals surface area contributed by atoms with Crippen molar-refractivity contribution in [3.63, 3.8) is 0 Å².